The van der Waals surface area contributed by atoms with Crippen LogP contribution < -0.4 is 5.06 Å². The summed E-state index contributed by atoms with van der Waals surface area (Å²) in [7, 11) is -0.768. The molecule has 0 saturated carbocycles. The first-order chi connectivity index (χ1) is 12.5. The normalized spacial score (nSPS) is 20.3. The molecule has 0 unspecified atom stereocenters. The van der Waals surface area contributed by atoms with Crippen LogP contribution in [0.2, 0.25) is 0 Å². The number of nitro groups is 1. The van der Waals surface area contributed by atoms with Gasteiger partial charge in [0.05, 0.1) is 23.3 Å². The first-order valence-corrected chi connectivity index (χ1v) is 9.54. The topological polar surface area (TPSA) is 91.1 Å². The highest BCUT2D eigenvalue weighted by molar-refractivity contribution is 7.54. The van der Waals surface area contributed by atoms with E-state index in [0.717, 1.165) is 11.3 Å². The summed E-state index contributed by atoms with van der Waals surface area (Å²) in [6.45, 7) is 0.134. The smallest absolute Gasteiger partial charge is 0.312 e. The van der Waals surface area contributed by atoms with Gasteiger partial charge in [0.1, 0.15) is 5.66 Å². The Hall–Kier alpha value is -2.25. The number of rotatable bonds is 6. The van der Waals surface area contributed by atoms with Gasteiger partial charge in [-0.25, -0.2) is 5.06 Å². The number of benzene rings is 2. The standard InChI is InChI=1S/C17H19N2O6P/c1-23-26(22,24-2)16-12-25-18(14-6-4-3-5-7-14)17(16)13-8-10-15(11-9-13)19(20)21/h3-11,16-17H,12H2,1-2H3/t16-,17+/m1/s1. The molecule has 0 radical (unpaired) electrons. The Bertz CT molecular complexity index is 806. The van der Waals surface area contributed by atoms with Crippen LogP contribution in [0.15, 0.2) is 54.6 Å². The molecule has 2 aromatic carbocycles. The minimum atomic E-state index is -3.44. The van der Waals surface area contributed by atoms with Crippen molar-refractivity contribution in [2.24, 2.45) is 0 Å². The molecule has 26 heavy (non-hydrogen) atoms. The molecule has 0 aliphatic carbocycles. The summed E-state index contributed by atoms with van der Waals surface area (Å²) in [4.78, 5) is 16.3. The van der Waals surface area contributed by atoms with Crippen molar-refractivity contribution < 1.29 is 23.4 Å². The van der Waals surface area contributed by atoms with Gasteiger partial charge in [0.15, 0.2) is 0 Å². The molecule has 1 saturated heterocycles. The lowest BCUT2D eigenvalue weighted by molar-refractivity contribution is -0.384. The zero-order valence-electron chi connectivity index (χ0n) is 14.3. The molecule has 1 aliphatic heterocycles. The van der Waals surface area contributed by atoms with E-state index in [-0.39, 0.29) is 12.3 Å². The lowest BCUT2D eigenvalue weighted by Crippen LogP contribution is -2.27. The molecule has 0 amide bonds. The Morgan fingerprint density at radius 3 is 2.27 bits per heavy atom. The van der Waals surface area contributed by atoms with Crippen molar-refractivity contribution in [3.63, 3.8) is 0 Å². The van der Waals surface area contributed by atoms with Crippen LogP contribution in [-0.2, 0) is 18.5 Å². The highest BCUT2D eigenvalue weighted by Gasteiger charge is 2.49. The lowest BCUT2D eigenvalue weighted by Gasteiger charge is -2.29. The van der Waals surface area contributed by atoms with Crippen molar-refractivity contribution in [2.75, 3.05) is 25.9 Å². The summed E-state index contributed by atoms with van der Waals surface area (Å²) in [6, 6.07) is 15.0. The quantitative estimate of drug-likeness (QED) is 0.427. The number of hydrogen-bond donors (Lipinski definition) is 0. The number of nitro benzene ring substituents is 1. The van der Waals surface area contributed by atoms with Gasteiger partial charge in [-0.15, -0.1) is 0 Å². The molecule has 0 N–H and O–H groups in total. The highest BCUT2D eigenvalue weighted by atomic mass is 31.2. The van der Waals surface area contributed by atoms with Gasteiger partial charge in [-0.2, -0.15) is 0 Å². The monoisotopic (exact) mass is 378 g/mol. The van der Waals surface area contributed by atoms with Crippen molar-refractivity contribution in [3.05, 3.63) is 70.3 Å². The van der Waals surface area contributed by atoms with Crippen LogP contribution >= 0.6 is 7.60 Å². The molecule has 3 rings (SSSR count). The predicted octanol–water partition coefficient (Wildman–Crippen LogP) is 3.94. The molecular weight excluding hydrogens is 359 g/mol. The fourth-order valence-corrected chi connectivity index (χ4v) is 4.63. The Morgan fingerprint density at radius 1 is 1.12 bits per heavy atom. The number of hydrogen-bond acceptors (Lipinski definition) is 7. The van der Waals surface area contributed by atoms with Gasteiger partial charge in [0, 0.05) is 26.4 Å². The fraction of sp³-hybridized carbons (Fsp3) is 0.294. The molecule has 0 spiro atoms. The molecule has 0 aromatic heterocycles. The zero-order chi connectivity index (χ0) is 18.7. The molecule has 1 heterocycles. The van der Waals surface area contributed by atoms with Gasteiger partial charge >= 0.3 is 7.60 Å². The van der Waals surface area contributed by atoms with E-state index in [1.165, 1.54) is 26.4 Å². The Morgan fingerprint density at radius 2 is 1.73 bits per heavy atom. The third-order valence-corrected chi connectivity index (χ3v) is 6.63. The van der Waals surface area contributed by atoms with Gasteiger partial charge in [-0.05, 0) is 17.7 Å². The minimum Gasteiger partial charge on any atom is -0.312 e. The summed E-state index contributed by atoms with van der Waals surface area (Å²) in [5, 5.41) is 12.6. The predicted molar refractivity (Wildman–Crippen MR) is 96.1 cm³/mol. The van der Waals surface area contributed by atoms with E-state index in [9.17, 15) is 14.7 Å². The average Bonchev–Trinajstić information content (AvgIpc) is 3.14. The largest absolute Gasteiger partial charge is 0.338 e. The average molecular weight is 378 g/mol. The van der Waals surface area contributed by atoms with Crippen LogP contribution in [0.25, 0.3) is 0 Å². The number of non-ortho nitro benzene ring substituents is 1. The van der Waals surface area contributed by atoms with Crippen molar-refractivity contribution in [1.82, 2.24) is 0 Å². The van der Waals surface area contributed by atoms with E-state index >= 15 is 0 Å². The summed E-state index contributed by atoms with van der Waals surface area (Å²) >= 11 is 0. The van der Waals surface area contributed by atoms with E-state index in [2.05, 4.69) is 0 Å². The van der Waals surface area contributed by atoms with Gasteiger partial charge in [-0.1, -0.05) is 30.3 Å². The maximum Gasteiger partial charge on any atom is 0.338 e. The molecule has 138 valence electrons. The van der Waals surface area contributed by atoms with E-state index < -0.39 is 24.2 Å². The summed E-state index contributed by atoms with van der Waals surface area (Å²) in [6.07, 6.45) is 0. The minimum absolute atomic E-state index is 0.0165. The first kappa shape index (κ1) is 18.5. The molecule has 2 atom stereocenters. The fourth-order valence-electron chi connectivity index (χ4n) is 3.05. The van der Waals surface area contributed by atoms with Crippen LogP contribution in [0.4, 0.5) is 11.4 Å². The number of anilines is 1. The number of hydroxylamine groups is 1. The molecule has 1 aliphatic rings. The van der Waals surface area contributed by atoms with Crippen LogP contribution in [0.3, 0.4) is 0 Å². The summed E-state index contributed by atoms with van der Waals surface area (Å²) in [5.74, 6) is 0. The van der Waals surface area contributed by atoms with Crippen LogP contribution in [-0.4, -0.2) is 31.4 Å². The van der Waals surface area contributed by atoms with Crippen LogP contribution in [0, 0.1) is 10.1 Å². The van der Waals surface area contributed by atoms with Gasteiger partial charge in [0.2, 0.25) is 0 Å². The molecule has 2 aromatic rings. The first-order valence-electron chi connectivity index (χ1n) is 7.93. The van der Waals surface area contributed by atoms with Crippen LogP contribution in [0.1, 0.15) is 11.6 Å². The Kier molecular flexibility index (Phi) is 5.38. The summed E-state index contributed by atoms with van der Waals surface area (Å²) < 4.78 is 23.4. The van der Waals surface area contributed by atoms with E-state index in [4.69, 9.17) is 13.9 Å². The second kappa shape index (κ2) is 7.55. The van der Waals surface area contributed by atoms with Gasteiger partial charge in [0.25, 0.3) is 5.69 Å². The maximum absolute atomic E-state index is 13.0. The third kappa shape index (κ3) is 3.37. The van der Waals surface area contributed by atoms with Crippen molar-refractivity contribution in [2.45, 2.75) is 11.7 Å². The van der Waals surface area contributed by atoms with Crippen molar-refractivity contribution >= 4 is 19.0 Å². The van der Waals surface area contributed by atoms with E-state index in [1.807, 2.05) is 30.3 Å². The summed E-state index contributed by atoms with van der Waals surface area (Å²) in [5.41, 5.74) is 0.893. The third-order valence-electron chi connectivity index (χ3n) is 4.37. The second-order valence-corrected chi connectivity index (χ2v) is 8.20. The van der Waals surface area contributed by atoms with Crippen LogP contribution in [0.5, 0.6) is 0 Å². The molecule has 1 fully saturated rings. The van der Waals surface area contributed by atoms with Gasteiger partial charge < -0.3 is 9.05 Å². The highest BCUT2D eigenvalue weighted by Crippen LogP contribution is 2.59. The SMILES string of the molecule is COP(=O)(OC)[C@@H]1CON(c2ccccc2)[C@H]1c1ccc([N+](=O)[O-])cc1. The molecule has 0 bridgehead atoms. The van der Waals surface area contributed by atoms with Crippen molar-refractivity contribution in [1.29, 1.82) is 0 Å². The molecule has 8 nitrogen and oxygen atoms in total. The van der Waals surface area contributed by atoms with E-state index in [1.54, 1.807) is 17.2 Å². The van der Waals surface area contributed by atoms with E-state index in [0.29, 0.717) is 0 Å². The van der Waals surface area contributed by atoms with Gasteiger partial charge in [-0.3, -0.25) is 19.5 Å². The van der Waals surface area contributed by atoms with Crippen molar-refractivity contribution in [3.8, 4) is 0 Å². The maximum atomic E-state index is 13.0. The number of para-hydroxylation sites is 1. The second-order valence-electron chi connectivity index (χ2n) is 5.72. The lowest BCUT2D eigenvalue weighted by atomic mass is 10.0. The molecular formula is C17H19N2O6P. The molecule has 9 heteroatoms. The Labute approximate surface area is 150 Å². The number of nitrogens with zero attached hydrogens (tertiary/aromatic N) is 2. The Balaban J connectivity index is 2.04. The zero-order valence-corrected chi connectivity index (χ0v) is 15.2.